The zero-order valence-electron chi connectivity index (χ0n) is 15.7. The number of hydrogen-bond donors (Lipinski definition) is 1. The fourth-order valence-electron chi connectivity index (χ4n) is 2.80. The van der Waals surface area contributed by atoms with Gasteiger partial charge < -0.3 is 9.47 Å². The summed E-state index contributed by atoms with van der Waals surface area (Å²) in [6.45, 7) is 5.47. The summed E-state index contributed by atoms with van der Waals surface area (Å²) < 4.78 is 37.9. The lowest BCUT2D eigenvalue weighted by atomic mass is 10.1. The number of esters is 2. The molecule has 2 aromatic rings. The van der Waals surface area contributed by atoms with Crippen LogP contribution in [0.3, 0.4) is 0 Å². The molecule has 0 atom stereocenters. The second kappa shape index (κ2) is 7.79. The van der Waals surface area contributed by atoms with E-state index in [0.717, 1.165) is 29.9 Å². The van der Waals surface area contributed by atoms with E-state index in [4.69, 9.17) is 0 Å². The lowest BCUT2D eigenvalue weighted by Gasteiger charge is -2.16. The predicted octanol–water partition coefficient (Wildman–Crippen LogP) is 2.99. The molecule has 0 aliphatic rings. The number of hydrogen-bond acceptors (Lipinski definition) is 6. The second-order valence-electron chi connectivity index (χ2n) is 6.07. The van der Waals surface area contributed by atoms with Crippen LogP contribution in [0.5, 0.6) is 0 Å². The Morgan fingerprint density at radius 3 is 1.96 bits per heavy atom. The molecule has 8 heteroatoms. The highest BCUT2D eigenvalue weighted by Crippen LogP contribution is 2.27. The molecule has 0 saturated heterocycles. The largest absolute Gasteiger partial charge is 0.465 e. The molecule has 0 spiro atoms. The summed E-state index contributed by atoms with van der Waals surface area (Å²) in [5.41, 5.74) is 2.71. The fourth-order valence-corrected chi connectivity index (χ4v) is 4.22. The predicted molar refractivity (Wildman–Crippen MR) is 101 cm³/mol. The quantitative estimate of drug-likeness (QED) is 0.787. The normalized spacial score (nSPS) is 11.0. The van der Waals surface area contributed by atoms with Crippen molar-refractivity contribution < 1.29 is 27.5 Å². The van der Waals surface area contributed by atoms with E-state index in [2.05, 4.69) is 14.2 Å². The molecule has 0 amide bonds. The van der Waals surface area contributed by atoms with Crippen molar-refractivity contribution in [3.8, 4) is 0 Å². The standard InChI is InChI=1S/C19H21NO6S/c1-11-8-12(2)17(13(3)9-11)20-27(23,24)16-10-14(18(21)25-4)6-7-15(16)19(22)26-5/h6-10,20H,1-5H3. The van der Waals surface area contributed by atoms with E-state index in [1.807, 2.05) is 19.1 Å². The van der Waals surface area contributed by atoms with Gasteiger partial charge in [-0.2, -0.15) is 0 Å². The van der Waals surface area contributed by atoms with Gasteiger partial charge in [-0.1, -0.05) is 17.7 Å². The molecule has 0 aliphatic heterocycles. The van der Waals surface area contributed by atoms with Gasteiger partial charge in [-0.05, 0) is 50.1 Å². The summed E-state index contributed by atoms with van der Waals surface area (Å²) in [7, 11) is -1.85. The molecule has 0 saturated carbocycles. The Balaban J connectivity index is 2.63. The zero-order chi connectivity index (χ0) is 20.4. The maximum Gasteiger partial charge on any atom is 0.339 e. The Bertz CT molecular complexity index is 988. The molecule has 0 aromatic heterocycles. The van der Waals surface area contributed by atoms with E-state index in [0.29, 0.717) is 5.69 Å². The number of methoxy groups -OCH3 is 2. The van der Waals surface area contributed by atoms with Crippen molar-refractivity contribution in [2.75, 3.05) is 18.9 Å². The smallest absolute Gasteiger partial charge is 0.339 e. The van der Waals surface area contributed by atoms with Crippen LogP contribution in [0.25, 0.3) is 0 Å². The van der Waals surface area contributed by atoms with Crippen molar-refractivity contribution in [3.63, 3.8) is 0 Å². The second-order valence-corrected chi connectivity index (χ2v) is 7.72. The van der Waals surface area contributed by atoms with Gasteiger partial charge in [0.05, 0.1) is 31.0 Å². The first kappa shape index (κ1) is 20.4. The summed E-state index contributed by atoms with van der Waals surface area (Å²) in [6, 6.07) is 7.31. The van der Waals surface area contributed by atoms with Crippen LogP contribution in [0.1, 0.15) is 37.4 Å². The first-order valence-electron chi connectivity index (χ1n) is 8.02. The molecule has 0 aliphatic carbocycles. The number of carbonyl (C=O) groups excluding carboxylic acids is 2. The summed E-state index contributed by atoms with van der Waals surface area (Å²) in [5.74, 6) is -1.55. The van der Waals surface area contributed by atoms with Crippen molar-refractivity contribution >= 4 is 27.6 Å². The molecule has 0 fully saturated rings. The Hall–Kier alpha value is -2.87. The first-order valence-corrected chi connectivity index (χ1v) is 9.50. The average molecular weight is 391 g/mol. The van der Waals surface area contributed by atoms with E-state index in [1.54, 1.807) is 13.8 Å². The van der Waals surface area contributed by atoms with Gasteiger partial charge in [0.15, 0.2) is 0 Å². The van der Waals surface area contributed by atoms with Crippen LogP contribution in [0.15, 0.2) is 35.2 Å². The maximum absolute atomic E-state index is 13.0. The van der Waals surface area contributed by atoms with Crippen molar-refractivity contribution in [2.24, 2.45) is 0 Å². The molecule has 2 rings (SSSR count). The molecule has 0 bridgehead atoms. The molecule has 27 heavy (non-hydrogen) atoms. The molecular formula is C19H21NO6S. The average Bonchev–Trinajstić information content (AvgIpc) is 2.62. The van der Waals surface area contributed by atoms with Gasteiger partial charge >= 0.3 is 11.9 Å². The van der Waals surface area contributed by atoms with E-state index < -0.39 is 22.0 Å². The minimum atomic E-state index is -4.18. The number of sulfonamides is 1. The molecule has 7 nitrogen and oxygen atoms in total. The SMILES string of the molecule is COC(=O)c1ccc(C(=O)OC)c(S(=O)(=O)Nc2c(C)cc(C)cc2C)c1. The van der Waals surface area contributed by atoms with Crippen molar-refractivity contribution in [1.82, 2.24) is 0 Å². The van der Waals surface area contributed by atoms with Crippen molar-refractivity contribution in [3.05, 3.63) is 58.1 Å². The minimum absolute atomic E-state index is 0.00266. The number of carbonyl (C=O) groups is 2. The van der Waals surface area contributed by atoms with Crippen LogP contribution < -0.4 is 4.72 Å². The topological polar surface area (TPSA) is 98.8 Å². The van der Waals surface area contributed by atoms with Crippen molar-refractivity contribution in [1.29, 1.82) is 0 Å². The molecular weight excluding hydrogens is 370 g/mol. The maximum atomic E-state index is 13.0. The third kappa shape index (κ3) is 4.28. The van der Waals surface area contributed by atoms with Gasteiger partial charge in [-0.25, -0.2) is 18.0 Å². The van der Waals surface area contributed by atoms with Gasteiger partial charge in [-0.3, -0.25) is 4.72 Å². The van der Waals surface area contributed by atoms with Crippen LogP contribution in [0, 0.1) is 20.8 Å². The number of rotatable bonds is 5. The van der Waals surface area contributed by atoms with Crippen LogP contribution in [-0.2, 0) is 19.5 Å². The third-order valence-corrected chi connectivity index (χ3v) is 5.40. The lowest BCUT2D eigenvalue weighted by Crippen LogP contribution is -2.19. The van der Waals surface area contributed by atoms with Gasteiger partial charge in [0.25, 0.3) is 10.0 Å². The summed E-state index contributed by atoms with van der Waals surface area (Å²) in [6.07, 6.45) is 0. The molecule has 0 radical (unpaired) electrons. The van der Waals surface area contributed by atoms with E-state index in [1.165, 1.54) is 19.2 Å². The van der Waals surface area contributed by atoms with Crippen molar-refractivity contribution in [2.45, 2.75) is 25.7 Å². The molecule has 2 aromatic carbocycles. The Labute approximate surface area is 158 Å². The number of benzene rings is 2. The third-order valence-electron chi connectivity index (χ3n) is 4.01. The van der Waals surface area contributed by atoms with Gasteiger partial charge in [-0.15, -0.1) is 0 Å². The minimum Gasteiger partial charge on any atom is -0.465 e. The van der Waals surface area contributed by atoms with Gasteiger partial charge in [0.2, 0.25) is 0 Å². The highest BCUT2D eigenvalue weighted by Gasteiger charge is 2.26. The van der Waals surface area contributed by atoms with Crippen LogP contribution >= 0.6 is 0 Å². The van der Waals surface area contributed by atoms with Crippen LogP contribution in [0.4, 0.5) is 5.69 Å². The van der Waals surface area contributed by atoms with E-state index in [-0.39, 0.29) is 16.0 Å². The monoisotopic (exact) mass is 391 g/mol. The zero-order valence-corrected chi connectivity index (χ0v) is 16.6. The first-order chi connectivity index (χ1) is 12.6. The molecule has 144 valence electrons. The molecule has 0 unspecified atom stereocenters. The number of nitrogens with one attached hydrogen (secondary N) is 1. The number of anilines is 1. The van der Waals surface area contributed by atoms with E-state index in [9.17, 15) is 18.0 Å². The highest BCUT2D eigenvalue weighted by atomic mass is 32.2. The van der Waals surface area contributed by atoms with Crippen LogP contribution in [0.2, 0.25) is 0 Å². The highest BCUT2D eigenvalue weighted by molar-refractivity contribution is 7.92. The number of aryl methyl sites for hydroxylation is 3. The summed E-state index contributed by atoms with van der Waals surface area (Å²) in [5, 5.41) is 0. The summed E-state index contributed by atoms with van der Waals surface area (Å²) in [4.78, 5) is 23.5. The Kier molecular flexibility index (Phi) is 5.90. The Morgan fingerprint density at radius 2 is 1.44 bits per heavy atom. The van der Waals surface area contributed by atoms with Crippen LogP contribution in [-0.4, -0.2) is 34.6 Å². The summed E-state index contributed by atoms with van der Waals surface area (Å²) >= 11 is 0. The van der Waals surface area contributed by atoms with Gasteiger partial charge in [0, 0.05) is 0 Å². The van der Waals surface area contributed by atoms with E-state index >= 15 is 0 Å². The van der Waals surface area contributed by atoms with Gasteiger partial charge in [0.1, 0.15) is 4.90 Å². The fraction of sp³-hybridized carbons (Fsp3) is 0.263. The Morgan fingerprint density at radius 1 is 0.889 bits per heavy atom. The number of ether oxygens (including phenoxy) is 2. The molecule has 1 N–H and O–H groups in total. The lowest BCUT2D eigenvalue weighted by molar-refractivity contribution is 0.0583. The molecule has 0 heterocycles.